The Labute approximate surface area is 192 Å². The van der Waals surface area contributed by atoms with Gasteiger partial charge in [0.2, 0.25) is 5.91 Å². The van der Waals surface area contributed by atoms with Crippen molar-refractivity contribution in [1.29, 1.82) is 0 Å². The first-order valence-electron chi connectivity index (χ1n) is 11.2. The van der Waals surface area contributed by atoms with Crippen molar-refractivity contribution in [2.24, 2.45) is 0 Å². The van der Waals surface area contributed by atoms with Gasteiger partial charge in [-0.3, -0.25) is 18.9 Å². The first-order chi connectivity index (χ1) is 16.2. The zero-order valence-electron chi connectivity index (χ0n) is 18.7. The van der Waals surface area contributed by atoms with Crippen molar-refractivity contribution >= 4 is 16.9 Å². The summed E-state index contributed by atoms with van der Waals surface area (Å²) in [5, 5.41) is 2.94. The molecular formula is C26H28N4O3. The summed E-state index contributed by atoms with van der Waals surface area (Å²) < 4.78 is 9.28. The largest absolute Gasteiger partial charge is 0.487 e. The van der Waals surface area contributed by atoms with Crippen LogP contribution in [0.1, 0.15) is 31.0 Å². The third-order valence-corrected chi connectivity index (χ3v) is 5.44. The predicted octanol–water partition coefficient (Wildman–Crippen LogP) is 3.89. The van der Waals surface area contributed by atoms with Gasteiger partial charge in [-0.05, 0) is 48.4 Å². The Bertz CT molecular complexity index is 1280. The summed E-state index contributed by atoms with van der Waals surface area (Å²) in [6.45, 7) is 3.83. The first kappa shape index (κ1) is 22.3. The lowest BCUT2D eigenvalue weighted by Crippen LogP contribution is -2.28. The second-order valence-electron chi connectivity index (χ2n) is 7.86. The molecule has 7 nitrogen and oxygen atoms in total. The molecule has 0 radical (unpaired) electrons. The van der Waals surface area contributed by atoms with Gasteiger partial charge in [0.05, 0.1) is 16.7 Å². The number of fused-ring (bicyclic) bond motifs is 1. The highest BCUT2D eigenvalue weighted by atomic mass is 16.5. The Morgan fingerprint density at radius 1 is 0.970 bits per heavy atom. The topological polar surface area (TPSA) is 78.2 Å². The summed E-state index contributed by atoms with van der Waals surface area (Å²) in [4.78, 5) is 29.6. The highest BCUT2D eigenvalue weighted by Gasteiger charge is 2.13. The summed E-state index contributed by atoms with van der Waals surface area (Å²) in [7, 11) is 0. The van der Waals surface area contributed by atoms with Gasteiger partial charge in [0, 0.05) is 32.3 Å². The average Bonchev–Trinajstić information content (AvgIpc) is 3.12. The molecule has 0 fully saturated rings. The molecule has 0 unspecified atom stereocenters. The van der Waals surface area contributed by atoms with Crippen molar-refractivity contribution in [3.05, 3.63) is 94.7 Å². The number of nitrogens with zero attached hydrogens (tertiary/aromatic N) is 3. The number of carbonyl (C=O) groups is 1. The van der Waals surface area contributed by atoms with Crippen LogP contribution in [0.3, 0.4) is 0 Å². The summed E-state index contributed by atoms with van der Waals surface area (Å²) in [5.74, 6) is 0.622. The van der Waals surface area contributed by atoms with Gasteiger partial charge in [-0.15, -0.1) is 0 Å². The molecule has 0 aliphatic carbocycles. The SMILES string of the molecule is CCCn1c(=O)n(CCC(=O)NCc2cccc(OCc3ccccn3)c2)c2ccccc21. The standard InChI is InChI=1S/C26H28N4O3/c1-2-15-29-23-11-3-4-12-24(23)30(26(29)32)16-13-25(31)28-18-20-8-7-10-22(17-20)33-19-21-9-5-6-14-27-21/h3-12,14,17H,2,13,15-16,18-19H2,1H3,(H,28,31). The van der Waals surface area contributed by atoms with Gasteiger partial charge in [0.1, 0.15) is 12.4 Å². The molecule has 0 bridgehead atoms. The lowest BCUT2D eigenvalue weighted by Gasteiger charge is -2.09. The van der Waals surface area contributed by atoms with E-state index < -0.39 is 0 Å². The Hall–Kier alpha value is -3.87. The van der Waals surface area contributed by atoms with Crippen molar-refractivity contribution in [2.75, 3.05) is 0 Å². The zero-order chi connectivity index (χ0) is 23.0. The van der Waals surface area contributed by atoms with Crippen molar-refractivity contribution < 1.29 is 9.53 Å². The second-order valence-corrected chi connectivity index (χ2v) is 7.86. The number of benzene rings is 2. The van der Waals surface area contributed by atoms with Gasteiger partial charge in [-0.25, -0.2) is 4.79 Å². The summed E-state index contributed by atoms with van der Waals surface area (Å²) in [6.07, 6.45) is 2.84. The lowest BCUT2D eigenvalue weighted by atomic mass is 10.2. The Morgan fingerprint density at radius 3 is 2.45 bits per heavy atom. The van der Waals surface area contributed by atoms with Crippen molar-refractivity contribution in [1.82, 2.24) is 19.4 Å². The van der Waals surface area contributed by atoms with E-state index in [1.54, 1.807) is 15.3 Å². The van der Waals surface area contributed by atoms with E-state index in [0.717, 1.165) is 34.5 Å². The van der Waals surface area contributed by atoms with Gasteiger partial charge in [0.15, 0.2) is 0 Å². The summed E-state index contributed by atoms with van der Waals surface area (Å²) >= 11 is 0. The van der Waals surface area contributed by atoms with Gasteiger partial charge < -0.3 is 10.1 Å². The summed E-state index contributed by atoms with van der Waals surface area (Å²) in [6, 6.07) is 21.1. The van der Waals surface area contributed by atoms with Crippen LogP contribution in [0.4, 0.5) is 0 Å². The van der Waals surface area contributed by atoms with Crippen molar-refractivity contribution in [2.45, 2.75) is 46.0 Å². The minimum Gasteiger partial charge on any atom is -0.487 e. The van der Waals surface area contributed by atoms with Crippen LogP contribution in [0, 0.1) is 0 Å². The number of ether oxygens (including phenoxy) is 1. The van der Waals surface area contributed by atoms with Crippen LogP contribution >= 0.6 is 0 Å². The number of carbonyl (C=O) groups excluding carboxylic acids is 1. The first-order valence-corrected chi connectivity index (χ1v) is 11.2. The highest BCUT2D eigenvalue weighted by Crippen LogP contribution is 2.16. The Morgan fingerprint density at radius 2 is 1.73 bits per heavy atom. The number of para-hydroxylation sites is 2. The smallest absolute Gasteiger partial charge is 0.329 e. The van der Waals surface area contributed by atoms with Crippen molar-refractivity contribution in [3.63, 3.8) is 0 Å². The van der Waals surface area contributed by atoms with E-state index in [1.165, 1.54) is 0 Å². The van der Waals surface area contributed by atoms with Gasteiger partial charge >= 0.3 is 5.69 Å². The molecule has 4 aromatic rings. The maximum Gasteiger partial charge on any atom is 0.329 e. The Kier molecular flexibility index (Phi) is 7.19. The number of hydrogen-bond acceptors (Lipinski definition) is 4. The fourth-order valence-corrected chi connectivity index (χ4v) is 3.82. The lowest BCUT2D eigenvalue weighted by molar-refractivity contribution is -0.121. The fraction of sp³-hybridized carbons (Fsp3) is 0.269. The monoisotopic (exact) mass is 444 g/mol. The second kappa shape index (κ2) is 10.6. The maximum atomic E-state index is 12.8. The van der Waals surface area contributed by atoms with Crippen LogP contribution in [-0.4, -0.2) is 20.0 Å². The average molecular weight is 445 g/mol. The number of hydrogen-bond donors (Lipinski definition) is 1. The van der Waals surface area contributed by atoms with Crippen LogP contribution in [0.5, 0.6) is 5.75 Å². The van der Waals surface area contributed by atoms with E-state index in [9.17, 15) is 9.59 Å². The number of aromatic nitrogens is 3. The third kappa shape index (κ3) is 5.49. The molecule has 0 saturated carbocycles. The van der Waals surface area contributed by atoms with Gasteiger partial charge in [0.25, 0.3) is 0 Å². The van der Waals surface area contributed by atoms with Gasteiger partial charge in [-0.1, -0.05) is 37.3 Å². The quantitative estimate of drug-likeness (QED) is 0.403. The number of nitrogens with one attached hydrogen (secondary N) is 1. The highest BCUT2D eigenvalue weighted by molar-refractivity contribution is 5.78. The molecule has 1 N–H and O–H groups in total. The number of rotatable bonds is 10. The van der Waals surface area contributed by atoms with E-state index in [0.29, 0.717) is 26.2 Å². The van der Waals surface area contributed by atoms with Crippen molar-refractivity contribution in [3.8, 4) is 5.75 Å². The maximum absolute atomic E-state index is 12.8. The predicted molar refractivity (Wildman–Crippen MR) is 128 cm³/mol. The van der Waals surface area contributed by atoms with Gasteiger partial charge in [-0.2, -0.15) is 0 Å². The van der Waals surface area contributed by atoms with E-state index in [-0.39, 0.29) is 18.0 Å². The van der Waals surface area contributed by atoms with Crippen LogP contribution in [0.25, 0.3) is 11.0 Å². The number of pyridine rings is 1. The number of amides is 1. The third-order valence-electron chi connectivity index (χ3n) is 5.44. The molecule has 4 rings (SSSR count). The molecule has 1 amide bonds. The number of imidazole rings is 1. The summed E-state index contributed by atoms with van der Waals surface area (Å²) in [5.41, 5.74) is 3.50. The molecule has 0 aliphatic rings. The fourth-order valence-electron chi connectivity index (χ4n) is 3.82. The molecule has 33 heavy (non-hydrogen) atoms. The van der Waals surface area contributed by atoms with E-state index in [1.807, 2.05) is 73.7 Å². The zero-order valence-corrected chi connectivity index (χ0v) is 18.7. The molecule has 0 saturated heterocycles. The molecule has 0 atom stereocenters. The molecule has 0 spiro atoms. The molecule has 170 valence electrons. The number of aryl methyl sites for hydroxylation is 2. The molecular weight excluding hydrogens is 416 g/mol. The van der Waals surface area contributed by atoms with Crippen LogP contribution in [-0.2, 0) is 31.0 Å². The Balaban J connectivity index is 1.33. The van der Waals surface area contributed by atoms with Crippen LogP contribution < -0.4 is 15.7 Å². The minimum atomic E-state index is -0.103. The molecule has 2 aromatic heterocycles. The van der Waals surface area contributed by atoms with E-state index >= 15 is 0 Å². The van der Waals surface area contributed by atoms with E-state index in [2.05, 4.69) is 10.3 Å². The normalized spacial score (nSPS) is 10.9. The molecule has 2 heterocycles. The minimum absolute atomic E-state index is 0.0661. The molecule has 2 aromatic carbocycles. The molecule has 0 aliphatic heterocycles. The van der Waals surface area contributed by atoms with E-state index in [4.69, 9.17) is 4.74 Å². The molecule has 7 heteroatoms. The van der Waals surface area contributed by atoms with Crippen LogP contribution in [0.2, 0.25) is 0 Å². The van der Waals surface area contributed by atoms with Crippen LogP contribution in [0.15, 0.2) is 77.7 Å².